The second-order valence-electron chi connectivity index (χ2n) is 4.57. The summed E-state index contributed by atoms with van der Waals surface area (Å²) in [4.78, 5) is 24.6. The second-order valence-corrected chi connectivity index (χ2v) is 4.57. The molecule has 0 aromatic rings. The van der Waals surface area contributed by atoms with Crippen LogP contribution in [0.3, 0.4) is 0 Å². The van der Waals surface area contributed by atoms with E-state index in [1.54, 1.807) is 4.90 Å². The molecule has 0 aromatic heterocycles. The number of rotatable bonds is 3. The number of carbonyl (C=O) groups is 2. The third-order valence-electron chi connectivity index (χ3n) is 3.43. The fraction of sp³-hybridized carbons (Fsp3) is 0.818. The van der Waals surface area contributed by atoms with E-state index >= 15 is 0 Å². The van der Waals surface area contributed by atoms with Crippen LogP contribution < -0.4 is 5.32 Å². The van der Waals surface area contributed by atoms with E-state index in [0.29, 0.717) is 0 Å². The highest BCUT2D eigenvalue weighted by molar-refractivity contribution is 5.83. The summed E-state index contributed by atoms with van der Waals surface area (Å²) >= 11 is 0. The summed E-state index contributed by atoms with van der Waals surface area (Å²) < 4.78 is 0. The van der Waals surface area contributed by atoms with Gasteiger partial charge in [-0.05, 0) is 32.2 Å². The van der Waals surface area contributed by atoms with Gasteiger partial charge >= 0.3 is 5.97 Å². The maximum absolute atomic E-state index is 12.1. The van der Waals surface area contributed by atoms with Crippen LogP contribution in [-0.4, -0.2) is 47.1 Å². The van der Waals surface area contributed by atoms with Crippen molar-refractivity contribution in [3.63, 3.8) is 0 Å². The molecule has 2 heterocycles. The Kier molecular flexibility index (Phi) is 3.43. The molecule has 0 spiro atoms. The number of likely N-dealkylation sites (tertiary alicyclic amines) is 1. The number of nitrogens with zero attached hydrogens (tertiary/aromatic N) is 1. The predicted octanol–water partition coefficient (Wildman–Crippen LogP) is 0.204. The van der Waals surface area contributed by atoms with E-state index in [1.807, 2.05) is 0 Å². The normalized spacial score (nSPS) is 29.6. The topological polar surface area (TPSA) is 69.6 Å². The molecule has 0 radical (unpaired) electrons. The van der Waals surface area contributed by atoms with Gasteiger partial charge in [0.15, 0.2) is 0 Å². The van der Waals surface area contributed by atoms with Crippen molar-refractivity contribution in [3.05, 3.63) is 0 Å². The Morgan fingerprint density at radius 1 is 1.31 bits per heavy atom. The summed E-state index contributed by atoms with van der Waals surface area (Å²) in [5.74, 6) is -0.717. The fourth-order valence-corrected chi connectivity index (χ4v) is 2.64. The lowest BCUT2D eigenvalue weighted by Crippen LogP contribution is -2.46. The molecule has 90 valence electrons. The molecule has 2 saturated heterocycles. The van der Waals surface area contributed by atoms with Crippen molar-refractivity contribution >= 4 is 11.9 Å². The van der Waals surface area contributed by atoms with Gasteiger partial charge in [0.2, 0.25) is 5.91 Å². The van der Waals surface area contributed by atoms with Gasteiger partial charge < -0.3 is 15.3 Å². The minimum atomic E-state index is -0.816. The summed E-state index contributed by atoms with van der Waals surface area (Å²) in [5, 5.41) is 12.0. The van der Waals surface area contributed by atoms with E-state index in [9.17, 15) is 9.59 Å². The molecule has 5 nitrogen and oxygen atoms in total. The van der Waals surface area contributed by atoms with Crippen molar-refractivity contribution in [2.24, 2.45) is 0 Å². The van der Waals surface area contributed by atoms with Gasteiger partial charge in [0.1, 0.15) is 0 Å². The lowest BCUT2D eigenvalue weighted by molar-refractivity contribution is -0.140. The Morgan fingerprint density at radius 2 is 2.12 bits per heavy atom. The minimum absolute atomic E-state index is 0.0746. The monoisotopic (exact) mass is 226 g/mol. The molecule has 0 aliphatic carbocycles. The molecule has 2 fully saturated rings. The van der Waals surface area contributed by atoms with Crippen LogP contribution >= 0.6 is 0 Å². The van der Waals surface area contributed by atoms with Crippen LogP contribution in [0.25, 0.3) is 0 Å². The number of hydrogen-bond donors (Lipinski definition) is 2. The summed E-state index contributed by atoms with van der Waals surface area (Å²) in [7, 11) is 0. The number of amides is 1. The third-order valence-corrected chi connectivity index (χ3v) is 3.43. The summed E-state index contributed by atoms with van der Waals surface area (Å²) in [6.07, 6.45) is 3.75. The van der Waals surface area contributed by atoms with Crippen molar-refractivity contribution in [1.82, 2.24) is 10.2 Å². The van der Waals surface area contributed by atoms with E-state index < -0.39 is 5.97 Å². The minimum Gasteiger partial charge on any atom is -0.481 e. The van der Waals surface area contributed by atoms with E-state index in [0.717, 1.165) is 38.8 Å². The molecule has 2 rings (SSSR count). The third kappa shape index (κ3) is 2.35. The van der Waals surface area contributed by atoms with Crippen LogP contribution in [-0.2, 0) is 9.59 Å². The highest BCUT2D eigenvalue weighted by atomic mass is 16.4. The second kappa shape index (κ2) is 4.82. The maximum Gasteiger partial charge on any atom is 0.305 e. The number of nitrogens with one attached hydrogen (secondary N) is 1. The number of carboxylic acids is 1. The largest absolute Gasteiger partial charge is 0.481 e. The number of hydrogen-bond acceptors (Lipinski definition) is 3. The molecule has 0 bridgehead atoms. The molecule has 2 atom stereocenters. The van der Waals surface area contributed by atoms with Crippen LogP contribution in [0.2, 0.25) is 0 Å². The van der Waals surface area contributed by atoms with Crippen LogP contribution in [0.15, 0.2) is 0 Å². The van der Waals surface area contributed by atoms with Gasteiger partial charge in [0, 0.05) is 12.6 Å². The molecular formula is C11H18N2O3. The Balaban J connectivity index is 1.95. The number of carboxylic acid groups (broad SMARTS) is 1. The average molecular weight is 226 g/mol. The van der Waals surface area contributed by atoms with Gasteiger partial charge in [-0.1, -0.05) is 0 Å². The van der Waals surface area contributed by atoms with Gasteiger partial charge in [0.05, 0.1) is 12.5 Å². The zero-order valence-corrected chi connectivity index (χ0v) is 9.32. The molecule has 0 aromatic carbocycles. The first-order valence-electron chi connectivity index (χ1n) is 5.94. The molecular weight excluding hydrogens is 208 g/mol. The first kappa shape index (κ1) is 11.4. The summed E-state index contributed by atoms with van der Waals surface area (Å²) in [6, 6.07) is -0.165. The van der Waals surface area contributed by atoms with Crippen molar-refractivity contribution in [2.45, 2.75) is 44.2 Å². The summed E-state index contributed by atoms with van der Waals surface area (Å²) in [6.45, 7) is 1.61. The Morgan fingerprint density at radius 3 is 2.75 bits per heavy atom. The lowest BCUT2D eigenvalue weighted by Gasteiger charge is -2.26. The molecule has 2 aliphatic heterocycles. The van der Waals surface area contributed by atoms with Crippen LogP contribution in [0.5, 0.6) is 0 Å². The predicted molar refractivity (Wildman–Crippen MR) is 58.0 cm³/mol. The fourth-order valence-electron chi connectivity index (χ4n) is 2.64. The van der Waals surface area contributed by atoms with Gasteiger partial charge in [0.25, 0.3) is 0 Å². The van der Waals surface area contributed by atoms with Gasteiger partial charge in [-0.3, -0.25) is 9.59 Å². The SMILES string of the molecule is O=C(O)CC1CCCN1C(=O)[C@H]1CCCN1. The molecule has 2 N–H and O–H groups in total. The zero-order chi connectivity index (χ0) is 11.5. The molecule has 5 heteroatoms. The van der Waals surface area contributed by atoms with Crippen LogP contribution in [0.4, 0.5) is 0 Å². The van der Waals surface area contributed by atoms with Crippen molar-refractivity contribution in [1.29, 1.82) is 0 Å². The quantitative estimate of drug-likeness (QED) is 0.721. The van der Waals surface area contributed by atoms with Crippen LogP contribution in [0, 0.1) is 0 Å². The van der Waals surface area contributed by atoms with Gasteiger partial charge in [-0.2, -0.15) is 0 Å². The first-order valence-corrected chi connectivity index (χ1v) is 5.94. The first-order chi connectivity index (χ1) is 7.68. The van der Waals surface area contributed by atoms with Crippen molar-refractivity contribution in [2.75, 3.05) is 13.1 Å². The molecule has 0 saturated carbocycles. The summed E-state index contributed by atoms with van der Waals surface area (Å²) in [5.41, 5.74) is 0. The maximum atomic E-state index is 12.1. The standard InChI is InChI=1S/C11H18N2O3/c14-10(15)7-8-3-2-6-13(8)11(16)9-4-1-5-12-9/h8-9,12H,1-7H2,(H,14,15)/t8?,9-/m1/s1. The van der Waals surface area contributed by atoms with Crippen molar-refractivity contribution < 1.29 is 14.7 Å². The van der Waals surface area contributed by atoms with Crippen LogP contribution in [0.1, 0.15) is 32.1 Å². The zero-order valence-electron chi connectivity index (χ0n) is 9.32. The van der Waals surface area contributed by atoms with E-state index in [-0.39, 0.29) is 24.4 Å². The number of aliphatic carboxylic acids is 1. The molecule has 1 amide bonds. The van der Waals surface area contributed by atoms with Crippen molar-refractivity contribution in [3.8, 4) is 0 Å². The average Bonchev–Trinajstić information content (AvgIpc) is 2.84. The highest BCUT2D eigenvalue weighted by Crippen LogP contribution is 2.22. The molecule has 1 unspecified atom stereocenters. The van der Waals surface area contributed by atoms with Gasteiger partial charge in [-0.15, -0.1) is 0 Å². The Labute approximate surface area is 94.8 Å². The van der Waals surface area contributed by atoms with Gasteiger partial charge in [-0.25, -0.2) is 0 Å². The smallest absolute Gasteiger partial charge is 0.305 e. The van der Waals surface area contributed by atoms with E-state index in [4.69, 9.17) is 5.11 Å². The number of carbonyl (C=O) groups excluding carboxylic acids is 1. The molecule has 16 heavy (non-hydrogen) atoms. The lowest BCUT2D eigenvalue weighted by atomic mass is 10.1. The van der Waals surface area contributed by atoms with E-state index in [2.05, 4.69) is 5.32 Å². The highest BCUT2D eigenvalue weighted by Gasteiger charge is 2.34. The Bertz CT molecular complexity index is 287. The molecule has 2 aliphatic rings. The van der Waals surface area contributed by atoms with E-state index in [1.165, 1.54) is 0 Å². The Hall–Kier alpha value is -1.10.